The first-order valence-electron chi connectivity index (χ1n) is 12.4. The Bertz CT molecular complexity index is 1570. The van der Waals surface area contributed by atoms with Gasteiger partial charge in [0, 0.05) is 18.7 Å². The number of nitrogens with one attached hydrogen (secondary N) is 1. The van der Waals surface area contributed by atoms with E-state index in [0.717, 1.165) is 25.9 Å². The van der Waals surface area contributed by atoms with Crippen LogP contribution >= 0.6 is 11.6 Å². The summed E-state index contributed by atoms with van der Waals surface area (Å²) in [7, 11) is 0. The van der Waals surface area contributed by atoms with Gasteiger partial charge in [0.05, 0.1) is 27.7 Å². The van der Waals surface area contributed by atoms with Crippen LogP contribution in [-0.4, -0.2) is 50.4 Å². The monoisotopic (exact) mass is 531 g/mol. The molecule has 194 valence electrons. The Morgan fingerprint density at radius 3 is 2.87 bits per heavy atom. The number of ether oxygens (including phenoxy) is 2. The molecule has 0 spiro atoms. The molecule has 1 saturated heterocycles. The third kappa shape index (κ3) is 4.16. The van der Waals surface area contributed by atoms with E-state index in [1.807, 2.05) is 23.7 Å². The predicted molar refractivity (Wildman–Crippen MR) is 145 cm³/mol. The zero-order valence-electron chi connectivity index (χ0n) is 20.7. The Morgan fingerprint density at radius 1 is 1.18 bits per heavy atom. The Labute approximate surface area is 224 Å². The average molecular weight is 532 g/mol. The summed E-state index contributed by atoms with van der Waals surface area (Å²) in [5.41, 5.74) is 9.15. The van der Waals surface area contributed by atoms with Gasteiger partial charge in [-0.1, -0.05) is 29.8 Å². The topological polar surface area (TPSA) is 120 Å². The number of piperidine rings is 1. The van der Waals surface area contributed by atoms with Crippen LogP contribution in [0.1, 0.15) is 36.2 Å². The molecule has 2 aromatic carbocycles. The minimum absolute atomic E-state index is 0.00682. The van der Waals surface area contributed by atoms with Crippen LogP contribution in [-0.2, 0) is 0 Å². The number of hydrogen-bond donors (Lipinski definition) is 2. The highest BCUT2D eigenvalue weighted by Gasteiger charge is 2.30. The second-order valence-electron chi connectivity index (χ2n) is 9.18. The van der Waals surface area contributed by atoms with Crippen LogP contribution in [0.4, 0.5) is 11.5 Å². The van der Waals surface area contributed by atoms with Crippen molar-refractivity contribution in [3.63, 3.8) is 0 Å². The fraction of sp³-hybridized carbons (Fsp3) is 0.259. The Hall–Kier alpha value is -4.31. The number of carbonyl (C=O) groups excluding carboxylic acids is 1. The molecule has 0 bridgehead atoms. The zero-order valence-corrected chi connectivity index (χ0v) is 21.5. The molecule has 2 aliphatic heterocycles. The molecule has 2 aliphatic rings. The lowest BCUT2D eigenvalue weighted by molar-refractivity contribution is 0.102. The van der Waals surface area contributed by atoms with Crippen molar-refractivity contribution < 1.29 is 14.3 Å². The van der Waals surface area contributed by atoms with Gasteiger partial charge in [-0.2, -0.15) is 5.10 Å². The molecule has 4 heterocycles. The van der Waals surface area contributed by atoms with Gasteiger partial charge in [0.15, 0.2) is 17.1 Å². The van der Waals surface area contributed by atoms with Crippen molar-refractivity contribution in [3.8, 4) is 22.8 Å². The van der Waals surface area contributed by atoms with Crippen LogP contribution in [0.25, 0.3) is 22.3 Å². The Kier molecular flexibility index (Phi) is 6.24. The molecule has 2 aromatic heterocycles. The van der Waals surface area contributed by atoms with E-state index in [-0.39, 0.29) is 18.7 Å². The number of benzene rings is 2. The number of rotatable bonds is 5. The van der Waals surface area contributed by atoms with Gasteiger partial charge in [-0.15, -0.1) is 0 Å². The molecule has 0 saturated carbocycles. The fourth-order valence-electron chi connectivity index (χ4n) is 5.08. The molecule has 1 amide bonds. The van der Waals surface area contributed by atoms with Gasteiger partial charge in [-0.05, 0) is 50.2 Å². The molecule has 0 unspecified atom stereocenters. The molecule has 1 atom stereocenters. The zero-order chi connectivity index (χ0) is 26.2. The maximum Gasteiger partial charge on any atom is 0.257 e. The van der Waals surface area contributed by atoms with E-state index in [1.165, 1.54) is 6.33 Å². The van der Waals surface area contributed by atoms with E-state index in [2.05, 4.69) is 26.4 Å². The summed E-state index contributed by atoms with van der Waals surface area (Å²) in [5.74, 6) is 0.867. The van der Waals surface area contributed by atoms with Gasteiger partial charge in [0.1, 0.15) is 17.8 Å². The number of aromatic nitrogens is 4. The summed E-state index contributed by atoms with van der Waals surface area (Å²) in [6, 6.07) is 10.6. The molecule has 10 nitrogen and oxygen atoms in total. The van der Waals surface area contributed by atoms with E-state index in [1.54, 1.807) is 30.3 Å². The van der Waals surface area contributed by atoms with Crippen LogP contribution in [0.2, 0.25) is 5.02 Å². The first-order valence-corrected chi connectivity index (χ1v) is 12.8. The third-order valence-corrected chi connectivity index (χ3v) is 7.12. The summed E-state index contributed by atoms with van der Waals surface area (Å²) in [4.78, 5) is 24.0. The number of hydrogen-bond acceptors (Lipinski definition) is 8. The highest BCUT2D eigenvalue weighted by atomic mass is 35.5. The second-order valence-corrected chi connectivity index (χ2v) is 9.59. The number of nitrogens with two attached hydrogens (primary N) is 1. The smallest absolute Gasteiger partial charge is 0.257 e. The van der Waals surface area contributed by atoms with Crippen LogP contribution in [0.15, 0.2) is 55.0 Å². The van der Waals surface area contributed by atoms with E-state index in [4.69, 9.17) is 31.9 Å². The van der Waals surface area contributed by atoms with Gasteiger partial charge in [0.25, 0.3) is 5.91 Å². The average Bonchev–Trinajstić information content (AvgIpc) is 3.56. The molecule has 4 aromatic rings. The Morgan fingerprint density at radius 2 is 2.03 bits per heavy atom. The van der Waals surface area contributed by atoms with Crippen molar-refractivity contribution in [1.29, 1.82) is 0 Å². The largest absolute Gasteiger partial charge is 0.453 e. The van der Waals surface area contributed by atoms with Gasteiger partial charge in [0.2, 0.25) is 6.79 Å². The van der Waals surface area contributed by atoms with Gasteiger partial charge in [-0.3, -0.25) is 4.79 Å². The summed E-state index contributed by atoms with van der Waals surface area (Å²) in [6.07, 6.45) is 7.62. The number of nitrogen functional groups attached to an aromatic ring is 1. The maximum absolute atomic E-state index is 12.9. The fourth-order valence-corrected chi connectivity index (χ4v) is 5.31. The number of halogens is 1. The quantitative estimate of drug-likeness (QED) is 0.374. The maximum atomic E-state index is 12.9. The Balaban J connectivity index is 1.42. The first kappa shape index (κ1) is 24.1. The van der Waals surface area contributed by atoms with Gasteiger partial charge >= 0.3 is 0 Å². The molecule has 3 N–H and O–H groups in total. The molecule has 6 rings (SSSR count). The van der Waals surface area contributed by atoms with Crippen LogP contribution < -0.4 is 20.5 Å². The molecule has 11 heteroatoms. The standard InChI is InChI=1S/C27H26ClN7O3/c1-2-11-34-12-5-6-16(13-34)35-26-21(25(29)30-14-31-26)22(33-35)18-9-10-20(24-23(18)37-15-38-24)32-27(36)17-7-3-4-8-19(17)28/h2-4,7-11,14,16H,5-6,12-13,15H2,1H3,(H,32,36)(H2,29,30,31)/t16-/m1/s1. The van der Waals surface area contributed by atoms with Crippen LogP contribution in [0, 0.1) is 0 Å². The molecule has 38 heavy (non-hydrogen) atoms. The summed E-state index contributed by atoms with van der Waals surface area (Å²) in [5, 5.41) is 8.91. The minimum atomic E-state index is -0.351. The molecular weight excluding hydrogens is 506 g/mol. The van der Waals surface area contributed by atoms with Crippen molar-refractivity contribution in [2.75, 3.05) is 30.9 Å². The van der Waals surface area contributed by atoms with Crippen LogP contribution in [0.3, 0.4) is 0 Å². The highest BCUT2D eigenvalue weighted by Crippen LogP contribution is 2.48. The SMILES string of the molecule is CC=CN1CCC[C@@H](n2nc(-c3ccc(NC(=O)c4ccccc4Cl)c4c3OCO4)c3c(N)ncnc32)C1. The van der Waals surface area contributed by atoms with Gasteiger partial charge in [-0.25, -0.2) is 14.6 Å². The number of amides is 1. The summed E-state index contributed by atoms with van der Waals surface area (Å²) >= 11 is 6.21. The number of carbonyl (C=O) groups is 1. The van der Waals surface area contributed by atoms with E-state index in [9.17, 15) is 4.79 Å². The van der Waals surface area contributed by atoms with E-state index < -0.39 is 0 Å². The number of fused-ring (bicyclic) bond motifs is 2. The molecule has 0 radical (unpaired) electrons. The molecule has 1 fully saturated rings. The summed E-state index contributed by atoms with van der Waals surface area (Å²) in [6.45, 7) is 3.84. The summed E-state index contributed by atoms with van der Waals surface area (Å²) < 4.78 is 13.6. The van der Waals surface area contributed by atoms with Crippen molar-refractivity contribution in [3.05, 3.63) is 65.6 Å². The van der Waals surface area contributed by atoms with Crippen molar-refractivity contribution in [2.45, 2.75) is 25.8 Å². The van der Waals surface area contributed by atoms with Crippen LogP contribution in [0.5, 0.6) is 11.5 Å². The van der Waals surface area contributed by atoms with E-state index in [0.29, 0.717) is 55.9 Å². The number of likely N-dealkylation sites (tertiary alicyclic amines) is 1. The molecular formula is C27H26ClN7O3. The van der Waals surface area contributed by atoms with Crippen molar-refractivity contribution in [1.82, 2.24) is 24.6 Å². The van der Waals surface area contributed by atoms with E-state index >= 15 is 0 Å². The lowest BCUT2D eigenvalue weighted by atomic mass is 10.1. The first-order chi connectivity index (χ1) is 18.5. The van der Waals surface area contributed by atoms with Crippen molar-refractivity contribution >= 4 is 40.0 Å². The predicted octanol–water partition coefficient (Wildman–Crippen LogP) is 4.88. The third-order valence-electron chi connectivity index (χ3n) is 6.79. The highest BCUT2D eigenvalue weighted by molar-refractivity contribution is 6.34. The lowest BCUT2D eigenvalue weighted by Crippen LogP contribution is -2.33. The van der Waals surface area contributed by atoms with Gasteiger partial charge < -0.3 is 25.4 Å². The molecule has 0 aliphatic carbocycles. The number of nitrogens with zero attached hydrogens (tertiary/aromatic N) is 5. The minimum Gasteiger partial charge on any atom is -0.453 e. The second kappa shape index (κ2) is 9.86. The number of allylic oxidation sites excluding steroid dienone is 1. The normalized spacial score (nSPS) is 16.9. The van der Waals surface area contributed by atoms with Crippen molar-refractivity contribution in [2.24, 2.45) is 0 Å². The number of anilines is 2. The lowest BCUT2D eigenvalue weighted by Gasteiger charge is -2.32.